The molecule has 194 valence electrons. The molecule has 4 rings (SSSR count). The highest BCUT2D eigenvalue weighted by atomic mass is 32.2. The van der Waals surface area contributed by atoms with Crippen molar-refractivity contribution in [1.29, 1.82) is 0 Å². The molecule has 1 unspecified atom stereocenters. The summed E-state index contributed by atoms with van der Waals surface area (Å²) in [5.74, 6) is 1.65. The zero-order valence-corrected chi connectivity index (χ0v) is 23.2. The standard InChI is InChI=1S/C28H31N3O4S2/c1-16(2)19-7-9-20(10-8-19)21-15-36-27-24(21)26(33)30-28(31-27)37-17(3)25(32)29-13-12-18-6-11-22(34-4)23(14-18)35-5/h6-11,14-17H,12-13H2,1-5H3,(H,29,32)(H,30,31,33). The normalized spacial score (nSPS) is 12.1. The minimum atomic E-state index is -0.422. The number of aromatic nitrogens is 2. The second-order valence-corrected chi connectivity index (χ2v) is 11.2. The number of H-pyrrole nitrogens is 1. The Hall–Kier alpha value is -3.30. The monoisotopic (exact) mass is 537 g/mol. The smallest absolute Gasteiger partial charge is 0.260 e. The molecule has 0 spiro atoms. The number of hydrogen-bond donors (Lipinski definition) is 2. The lowest BCUT2D eigenvalue weighted by Gasteiger charge is -2.12. The van der Waals surface area contributed by atoms with Crippen LogP contribution in [0.5, 0.6) is 11.5 Å². The van der Waals surface area contributed by atoms with Gasteiger partial charge in [-0.3, -0.25) is 9.59 Å². The number of benzene rings is 2. The average Bonchev–Trinajstić information content (AvgIpc) is 3.33. The molecular weight excluding hydrogens is 506 g/mol. The van der Waals surface area contributed by atoms with Crippen LogP contribution >= 0.6 is 23.1 Å². The summed E-state index contributed by atoms with van der Waals surface area (Å²) >= 11 is 2.68. The number of nitrogens with zero attached hydrogens (tertiary/aromatic N) is 1. The van der Waals surface area contributed by atoms with Crippen LogP contribution in [0.3, 0.4) is 0 Å². The summed E-state index contributed by atoms with van der Waals surface area (Å²) in [5.41, 5.74) is 3.96. The van der Waals surface area contributed by atoms with E-state index in [1.807, 2.05) is 35.7 Å². The first-order valence-electron chi connectivity index (χ1n) is 12.1. The molecule has 1 atom stereocenters. The molecule has 7 nitrogen and oxygen atoms in total. The highest BCUT2D eigenvalue weighted by Crippen LogP contribution is 2.33. The predicted octanol–water partition coefficient (Wildman–Crippen LogP) is 5.63. The van der Waals surface area contributed by atoms with E-state index < -0.39 is 5.25 Å². The highest BCUT2D eigenvalue weighted by molar-refractivity contribution is 8.00. The number of fused-ring (bicyclic) bond motifs is 1. The van der Waals surface area contributed by atoms with Crippen LogP contribution in [-0.2, 0) is 11.2 Å². The van der Waals surface area contributed by atoms with Gasteiger partial charge in [0.2, 0.25) is 5.91 Å². The van der Waals surface area contributed by atoms with Crippen molar-refractivity contribution < 1.29 is 14.3 Å². The molecule has 2 heterocycles. The zero-order chi connectivity index (χ0) is 26.5. The van der Waals surface area contributed by atoms with Gasteiger partial charge in [0.15, 0.2) is 16.7 Å². The Morgan fingerprint density at radius 3 is 2.49 bits per heavy atom. The summed E-state index contributed by atoms with van der Waals surface area (Å²) in [4.78, 5) is 33.8. The van der Waals surface area contributed by atoms with Gasteiger partial charge in [-0.05, 0) is 48.1 Å². The minimum absolute atomic E-state index is 0.120. The number of ether oxygens (including phenoxy) is 2. The largest absolute Gasteiger partial charge is 0.493 e. The van der Waals surface area contributed by atoms with E-state index in [4.69, 9.17) is 9.47 Å². The van der Waals surface area contributed by atoms with Crippen molar-refractivity contribution in [2.45, 2.75) is 43.5 Å². The number of thioether (sulfide) groups is 1. The van der Waals surface area contributed by atoms with Gasteiger partial charge in [-0.2, -0.15) is 0 Å². The van der Waals surface area contributed by atoms with Crippen molar-refractivity contribution >= 4 is 39.2 Å². The maximum atomic E-state index is 13.0. The molecule has 0 fully saturated rings. The predicted molar refractivity (Wildman–Crippen MR) is 151 cm³/mol. The Labute approximate surface area is 224 Å². The van der Waals surface area contributed by atoms with Gasteiger partial charge < -0.3 is 19.8 Å². The van der Waals surface area contributed by atoms with Crippen LogP contribution in [0, 0.1) is 0 Å². The van der Waals surface area contributed by atoms with Crippen molar-refractivity contribution in [2.24, 2.45) is 0 Å². The van der Waals surface area contributed by atoms with Crippen LogP contribution in [0.15, 0.2) is 57.8 Å². The van der Waals surface area contributed by atoms with Crippen molar-refractivity contribution in [3.05, 3.63) is 69.3 Å². The molecule has 0 aliphatic rings. The number of rotatable bonds is 10. The van der Waals surface area contributed by atoms with Gasteiger partial charge in [0.05, 0.1) is 24.9 Å². The van der Waals surface area contributed by atoms with Crippen LogP contribution in [-0.4, -0.2) is 41.9 Å². The third-order valence-electron chi connectivity index (χ3n) is 6.13. The summed E-state index contributed by atoms with van der Waals surface area (Å²) < 4.78 is 10.6. The average molecular weight is 538 g/mol. The van der Waals surface area contributed by atoms with Crippen LogP contribution in [0.25, 0.3) is 21.3 Å². The maximum absolute atomic E-state index is 13.0. The molecule has 2 aromatic carbocycles. The molecule has 0 aliphatic carbocycles. The molecule has 4 aromatic rings. The van der Waals surface area contributed by atoms with Crippen molar-refractivity contribution in [2.75, 3.05) is 20.8 Å². The Morgan fingerprint density at radius 2 is 1.81 bits per heavy atom. The lowest BCUT2D eigenvalue weighted by molar-refractivity contribution is -0.120. The molecule has 37 heavy (non-hydrogen) atoms. The van der Waals surface area contributed by atoms with Crippen molar-refractivity contribution in [3.63, 3.8) is 0 Å². The summed E-state index contributed by atoms with van der Waals surface area (Å²) in [7, 11) is 3.19. The summed E-state index contributed by atoms with van der Waals surface area (Å²) in [6.07, 6.45) is 0.653. The molecule has 0 bridgehead atoms. The van der Waals surface area contributed by atoms with E-state index in [1.54, 1.807) is 21.1 Å². The topological polar surface area (TPSA) is 93.3 Å². The van der Waals surface area contributed by atoms with Gasteiger partial charge in [-0.1, -0.05) is 55.9 Å². The van der Waals surface area contributed by atoms with E-state index in [2.05, 4.69) is 41.3 Å². The number of carbonyl (C=O) groups excluding carboxylic acids is 1. The molecule has 0 saturated carbocycles. The lowest BCUT2D eigenvalue weighted by Crippen LogP contribution is -2.32. The van der Waals surface area contributed by atoms with Gasteiger partial charge in [-0.15, -0.1) is 11.3 Å². The number of nitrogens with one attached hydrogen (secondary N) is 2. The van der Waals surface area contributed by atoms with Crippen LogP contribution in [0.4, 0.5) is 0 Å². The first kappa shape index (κ1) is 26.8. The Kier molecular flexibility index (Phi) is 8.56. The second kappa shape index (κ2) is 11.8. The fraction of sp³-hybridized carbons (Fsp3) is 0.321. The molecule has 0 radical (unpaired) electrons. The number of carbonyl (C=O) groups is 1. The van der Waals surface area contributed by atoms with Gasteiger partial charge in [-0.25, -0.2) is 4.98 Å². The Morgan fingerprint density at radius 1 is 1.08 bits per heavy atom. The van der Waals surface area contributed by atoms with E-state index in [0.29, 0.717) is 45.8 Å². The molecule has 2 aromatic heterocycles. The fourth-order valence-electron chi connectivity index (χ4n) is 3.98. The molecular formula is C28H31N3O4S2. The second-order valence-electron chi connectivity index (χ2n) is 8.97. The zero-order valence-electron chi connectivity index (χ0n) is 21.6. The van der Waals surface area contributed by atoms with Crippen LogP contribution in [0.2, 0.25) is 0 Å². The summed E-state index contributed by atoms with van der Waals surface area (Å²) in [6.45, 7) is 6.59. The van der Waals surface area contributed by atoms with Crippen molar-refractivity contribution in [3.8, 4) is 22.6 Å². The lowest BCUT2D eigenvalue weighted by atomic mass is 9.99. The first-order valence-corrected chi connectivity index (χ1v) is 13.8. The van der Waals surface area contributed by atoms with Gasteiger partial charge >= 0.3 is 0 Å². The van der Waals surface area contributed by atoms with Gasteiger partial charge in [0, 0.05) is 17.5 Å². The minimum Gasteiger partial charge on any atom is -0.493 e. The quantitative estimate of drug-likeness (QED) is 0.201. The van der Waals surface area contributed by atoms with Gasteiger partial charge in [0.25, 0.3) is 5.56 Å². The van der Waals surface area contributed by atoms with Crippen LogP contribution in [0.1, 0.15) is 37.8 Å². The number of hydrogen-bond acceptors (Lipinski definition) is 7. The summed E-state index contributed by atoms with van der Waals surface area (Å²) in [6, 6.07) is 14.0. The Bertz CT molecular complexity index is 1440. The first-order chi connectivity index (χ1) is 17.8. The molecule has 9 heteroatoms. The van der Waals surface area contributed by atoms with Crippen LogP contribution < -0.4 is 20.3 Å². The van der Waals surface area contributed by atoms with E-state index in [0.717, 1.165) is 16.7 Å². The maximum Gasteiger partial charge on any atom is 0.260 e. The molecule has 2 N–H and O–H groups in total. The third-order valence-corrected chi connectivity index (χ3v) is 7.99. The van der Waals surface area contributed by atoms with Crippen molar-refractivity contribution in [1.82, 2.24) is 15.3 Å². The molecule has 0 saturated heterocycles. The van der Waals surface area contributed by atoms with E-state index in [1.165, 1.54) is 28.7 Å². The number of thiophene rings is 1. The molecule has 1 amide bonds. The SMILES string of the molecule is COc1ccc(CCNC(=O)C(C)Sc2nc3scc(-c4ccc(C(C)C)cc4)c3c(=O)[nH]2)cc1OC. The fourth-order valence-corrected chi connectivity index (χ4v) is 5.80. The van der Waals surface area contributed by atoms with E-state index in [-0.39, 0.29) is 11.5 Å². The van der Waals surface area contributed by atoms with E-state index >= 15 is 0 Å². The number of methoxy groups -OCH3 is 2. The molecule has 0 aliphatic heterocycles. The number of aromatic amines is 1. The third kappa shape index (κ3) is 6.17. The number of amides is 1. The Balaban J connectivity index is 1.40. The van der Waals surface area contributed by atoms with E-state index in [9.17, 15) is 9.59 Å². The highest BCUT2D eigenvalue weighted by Gasteiger charge is 2.18. The summed E-state index contributed by atoms with van der Waals surface area (Å²) in [5, 5.41) is 5.52. The van der Waals surface area contributed by atoms with Gasteiger partial charge in [0.1, 0.15) is 4.83 Å².